The van der Waals surface area contributed by atoms with Gasteiger partial charge in [-0.3, -0.25) is 0 Å². The van der Waals surface area contributed by atoms with Gasteiger partial charge in [0.25, 0.3) is 0 Å². The molecule has 1 aliphatic carbocycles. The molecular formula is C51H33NS. The predicted octanol–water partition coefficient (Wildman–Crippen LogP) is 14.2. The van der Waals surface area contributed by atoms with Crippen molar-refractivity contribution in [1.82, 2.24) is 0 Å². The molecule has 1 aromatic heterocycles. The fraction of sp³-hybridized carbons (Fsp3) is 0.0196. The Labute approximate surface area is 312 Å². The number of fused-ring (bicyclic) bond motifs is 10. The molecule has 0 aliphatic heterocycles. The molecule has 11 rings (SSSR count). The molecule has 1 nitrogen and oxygen atoms in total. The van der Waals surface area contributed by atoms with Crippen molar-refractivity contribution < 1.29 is 0 Å². The summed E-state index contributed by atoms with van der Waals surface area (Å²) in [5.74, 6) is 0. The van der Waals surface area contributed by atoms with Crippen molar-refractivity contribution in [2.24, 2.45) is 0 Å². The minimum Gasteiger partial charge on any atom is -0.310 e. The highest BCUT2D eigenvalue weighted by Gasteiger charge is 2.46. The van der Waals surface area contributed by atoms with E-state index in [1.54, 1.807) is 0 Å². The second-order valence-electron chi connectivity index (χ2n) is 14.0. The molecule has 10 aromatic rings. The van der Waals surface area contributed by atoms with Crippen molar-refractivity contribution in [2.75, 3.05) is 4.90 Å². The molecule has 0 saturated heterocycles. The zero-order chi connectivity index (χ0) is 34.9. The SMILES string of the molecule is c1ccc(N(c2ccc3c(c2)C(c2ccccc2)(c2ccccc2)c2ccccc2-3)c2ccc3c(ccc4ccc5c6ccccc6sc5c43)c2)cc1. The van der Waals surface area contributed by atoms with Gasteiger partial charge in [-0.2, -0.15) is 0 Å². The van der Waals surface area contributed by atoms with Crippen LogP contribution in [0.1, 0.15) is 22.3 Å². The van der Waals surface area contributed by atoms with Crippen LogP contribution in [0.5, 0.6) is 0 Å². The molecular weight excluding hydrogens is 659 g/mol. The monoisotopic (exact) mass is 691 g/mol. The van der Waals surface area contributed by atoms with Gasteiger partial charge >= 0.3 is 0 Å². The molecule has 2 heteroatoms. The van der Waals surface area contributed by atoms with Crippen molar-refractivity contribution in [2.45, 2.75) is 5.41 Å². The van der Waals surface area contributed by atoms with Crippen LogP contribution in [-0.4, -0.2) is 0 Å². The fourth-order valence-electron chi connectivity index (χ4n) is 9.05. The lowest BCUT2D eigenvalue weighted by molar-refractivity contribution is 0.768. The number of benzene rings is 9. The van der Waals surface area contributed by atoms with E-state index in [-0.39, 0.29) is 0 Å². The van der Waals surface area contributed by atoms with Gasteiger partial charge in [-0.25, -0.2) is 0 Å². The third-order valence-corrected chi connectivity index (χ3v) is 12.5. The number of nitrogens with zero attached hydrogens (tertiary/aromatic N) is 1. The molecule has 1 aliphatic rings. The number of para-hydroxylation sites is 1. The highest BCUT2D eigenvalue weighted by molar-refractivity contribution is 7.26. The van der Waals surface area contributed by atoms with Crippen molar-refractivity contribution in [3.63, 3.8) is 0 Å². The molecule has 1 heterocycles. The molecule has 9 aromatic carbocycles. The van der Waals surface area contributed by atoms with E-state index >= 15 is 0 Å². The molecule has 0 radical (unpaired) electrons. The van der Waals surface area contributed by atoms with Gasteiger partial charge in [-0.05, 0) is 92.0 Å². The lowest BCUT2D eigenvalue weighted by Crippen LogP contribution is -2.28. The Balaban J connectivity index is 1.15. The van der Waals surface area contributed by atoms with Gasteiger partial charge in [0.15, 0.2) is 0 Å². The number of anilines is 3. The summed E-state index contributed by atoms with van der Waals surface area (Å²) in [4.78, 5) is 2.42. The van der Waals surface area contributed by atoms with Crippen LogP contribution in [0.4, 0.5) is 17.1 Å². The highest BCUT2D eigenvalue weighted by atomic mass is 32.1. The fourth-order valence-corrected chi connectivity index (χ4v) is 10.3. The van der Waals surface area contributed by atoms with Crippen LogP contribution < -0.4 is 4.90 Å². The first-order valence-electron chi connectivity index (χ1n) is 18.3. The molecule has 248 valence electrons. The Morgan fingerprint density at radius 2 is 0.962 bits per heavy atom. The molecule has 0 amide bonds. The molecule has 0 spiro atoms. The van der Waals surface area contributed by atoms with Crippen molar-refractivity contribution in [3.8, 4) is 11.1 Å². The first-order chi connectivity index (χ1) is 26.3. The van der Waals surface area contributed by atoms with Gasteiger partial charge in [-0.15, -0.1) is 11.3 Å². The molecule has 0 N–H and O–H groups in total. The summed E-state index contributed by atoms with van der Waals surface area (Å²) < 4.78 is 2.69. The molecule has 0 atom stereocenters. The van der Waals surface area contributed by atoms with E-state index in [9.17, 15) is 0 Å². The van der Waals surface area contributed by atoms with Gasteiger partial charge in [0.1, 0.15) is 0 Å². The minimum absolute atomic E-state index is 0.468. The van der Waals surface area contributed by atoms with E-state index in [0.29, 0.717) is 0 Å². The summed E-state index contributed by atoms with van der Waals surface area (Å²) in [6.07, 6.45) is 0. The normalized spacial score (nSPS) is 13.1. The third-order valence-electron chi connectivity index (χ3n) is 11.3. The van der Waals surface area contributed by atoms with E-state index in [2.05, 4.69) is 205 Å². The van der Waals surface area contributed by atoms with Gasteiger partial charge in [0.2, 0.25) is 0 Å². The number of hydrogen-bond acceptors (Lipinski definition) is 2. The number of rotatable bonds is 5. The largest absolute Gasteiger partial charge is 0.310 e. The second-order valence-corrected chi connectivity index (χ2v) is 15.1. The Kier molecular flexibility index (Phi) is 6.71. The zero-order valence-corrected chi connectivity index (χ0v) is 29.7. The molecule has 0 unspecified atom stereocenters. The van der Waals surface area contributed by atoms with E-state index in [1.807, 2.05) is 11.3 Å². The maximum Gasteiger partial charge on any atom is 0.0714 e. The Morgan fingerprint density at radius 1 is 0.377 bits per heavy atom. The molecule has 53 heavy (non-hydrogen) atoms. The average molecular weight is 692 g/mol. The van der Waals surface area contributed by atoms with Gasteiger partial charge < -0.3 is 4.90 Å². The van der Waals surface area contributed by atoms with Crippen LogP contribution in [0.15, 0.2) is 200 Å². The maximum atomic E-state index is 2.45. The molecule has 0 fully saturated rings. The first-order valence-corrected chi connectivity index (χ1v) is 19.1. The lowest BCUT2D eigenvalue weighted by atomic mass is 9.67. The maximum absolute atomic E-state index is 2.45. The topological polar surface area (TPSA) is 3.24 Å². The quantitative estimate of drug-likeness (QED) is 0.162. The van der Waals surface area contributed by atoms with Crippen LogP contribution in [0.25, 0.3) is 52.8 Å². The predicted molar refractivity (Wildman–Crippen MR) is 226 cm³/mol. The van der Waals surface area contributed by atoms with E-state index in [4.69, 9.17) is 0 Å². The minimum atomic E-state index is -0.468. The average Bonchev–Trinajstić information content (AvgIpc) is 3.76. The van der Waals surface area contributed by atoms with Crippen LogP contribution >= 0.6 is 11.3 Å². The summed E-state index contributed by atoms with van der Waals surface area (Å²) in [6.45, 7) is 0. The number of thiophene rings is 1. The zero-order valence-electron chi connectivity index (χ0n) is 28.9. The summed E-state index contributed by atoms with van der Waals surface area (Å²) >= 11 is 1.90. The smallest absolute Gasteiger partial charge is 0.0714 e. The Morgan fingerprint density at radius 3 is 1.75 bits per heavy atom. The molecule has 0 bridgehead atoms. The van der Waals surface area contributed by atoms with Crippen molar-refractivity contribution >= 4 is 70.1 Å². The van der Waals surface area contributed by atoms with Gasteiger partial charge in [-0.1, -0.05) is 158 Å². The summed E-state index contributed by atoms with van der Waals surface area (Å²) in [5, 5.41) is 7.80. The van der Waals surface area contributed by atoms with E-state index < -0.39 is 5.41 Å². The number of hydrogen-bond donors (Lipinski definition) is 0. The van der Waals surface area contributed by atoms with Gasteiger partial charge in [0.05, 0.1) is 5.41 Å². The van der Waals surface area contributed by atoms with Gasteiger partial charge in [0, 0.05) is 42.6 Å². The van der Waals surface area contributed by atoms with Crippen molar-refractivity contribution in [1.29, 1.82) is 0 Å². The second kappa shape index (κ2) is 11.8. The highest BCUT2D eigenvalue weighted by Crippen LogP contribution is 2.57. The molecule has 0 saturated carbocycles. The first kappa shape index (κ1) is 30.2. The van der Waals surface area contributed by atoms with Crippen LogP contribution in [0.2, 0.25) is 0 Å². The standard InChI is InChI=1S/C51H33NS/c1-4-14-36(15-5-1)51(37-16-6-2-7-17-37)46-22-12-10-20-42(46)43-31-28-40(33-47(43)51)52(38-18-8-3-9-19-38)39-27-30-41-35(32-39)25-24-34-26-29-45-44-21-11-13-23-48(44)53-50(45)49(34)41/h1-33H. The summed E-state index contributed by atoms with van der Waals surface area (Å²) in [7, 11) is 0. The lowest BCUT2D eigenvalue weighted by Gasteiger charge is -2.35. The Bertz CT molecular complexity index is 2960. The summed E-state index contributed by atoms with van der Waals surface area (Å²) in [5.41, 5.74) is 10.6. The summed E-state index contributed by atoms with van der Waals surface area (Å²) in [6, 6.07) is 73.9. The van der Waals surface area contributed by atoms with Crippen LogP contribution in [0, 0.1) is 0 Å². The Hall–Kier alpha value is -6.48. The van der Waals surface area contributed by atoms with E-state index in [1.165, 1.54) is 75.1 Å². The third kappa shape index (κ3) is 4.43. The van der Waals surface area contributed by atoms with Crippen LogP contribution in [0.3, 0.4) is 0 Å². The van der Waals surface area contributed by atoms with Crippen molar-refractivity contribution in [3.05, 3.63) is 222 Å². The van der Waals surface area contributed by atoms with E-state index in [0.717, 1.165) is 17.1 Å². The van der Waals surface area contributed by atoms with Crippen LogP contribution in [-0.2, 0) is 5.41 Å².